The van der Waals surface area contributed by atoms with E-state index in [-0.39, 0.29) is 10.6 Å². The summed E-state index contributed by atoms with van der Waals surface area (Å²) >= 11 is 0. The molecule has 152 valence electrons. The lowest BCUT2D eigenvalue weighted by molar-refractivity contribution is -0.385. The Labute approximate surface area is 168 Å². The predicted octanol–water partition coefficient (Wildman–Crippen LogP) is 4.02. The van der Waals surface area contributed by atoms with Gasteiger partial charge in [-0.05, 0) is 43.8 Å². The number of hydrogen-bond donors (Lipinski definition) is 0. The maximum Gasteiger partial charge on any atom is 0.272 e. The van der Waals surface area contributed by atoms with E-state index >= 15 is 0 Å². The Kier molecular flexibility index (Phi) is 6.50. The molecule has 0 aliphatic heterocycles. The van der Waals surface area contributed by atoms with Crippen LogP contribution in [0, 0.1) is 17.0 Å². The predicted molar refractivity (Wildman–Crippen MR) is 107 cm³/mol. The highest BCUT2D eigenvalue weighted by Crippen LogP contribution is 2.28. The summed E-state index contributed by atoms with van der Waals surface area (Å²) in [7, 11) is 0. The number of nitro benzene ring substituents is 1. The van der Waals surface area contributed by atoms with Crippen molar-refractivity contribution in [2.45, 2.75) is 27.2 Å². The van der Waals surface area contributed by atoms with Crippen LogP contribution in [-0.4, -0.2) is 44.6 Å². The first-order valence-corrected chi connectivity index (χ1v) is 9.44. The zero-order valence-corrected chi connectivity index (χ0v) is 16.7. The molecule has 9 nitrogen and oxygen atoms in total. The maximum absolute atomic E-state index is 11.4. The van der Waals surface area contributed by atoms with E-state index in [1.165, 1.54) is 6.07 Å². The van der Waals surface area contributed by atoms with Crippen molar-refractivity contribution in [3.63, 3.8) is 0 Å². The highest BCUT2D eigenvalue weighted by Gasteiger charge is 2.16. The smallest absolute Gasteiger partial charge is 0.272 e. The van der Waals surface area contributed by atoms with Gasteiger partial charge in [0.05, 0.1) is 11.1 Å². The average Bonchev–Trinajstić information content (AvgIpc) is 3.15. The van der Waals surface area contributed by atoms with Crippen molar-refractivity contribution in [3.05, 3.63) is 58.1 Å². The van der Waals surface area contributed by atoms with Gasteiger partial charge >= 0.3 is 0 Å². The van der Waals surface area contributed by atoms with Crippen LogP contribution < -0.4 is 4.74 Å². The van der Waals surface area contributed by atoms with Gasteiger partial charge in [0.2, 0.25) is 11.7 Å². The van der Waals surface area contributed by atoms with E-state index in [1.54, 1.807) is 37.4 Å². The quantitative estimate of drug-likeness (QED) is 0.393. The van der Waals surface area contributed by atoms with Crippen molar-refractivity contribution < 1.29 is 14.2 Å². The number of hydrogen-bond acceptors (Lipinski definition) is 8. The lowest BCUT2D eigenvalue weighted by Gasteiger charge is -2.18. The van der Waals surface area contributed by atoms with Gasteiger partial charge in [0.25, 0.3) is 5.69 Å². The maximum atomic E-state index is 11.4. The number of aryl methyl sites for hydroxylation is 1. The SMILES string of the molecule is CCN(CC)CCc1cc(Oc2ccc(-c3noc(C)n3)nc2)ccc1[N+](=O)[O-]. The number of nitrogens with zero attached hydrogens (tertiary/aromatic N) is 5. The molecule has 0 amide bonds. The zero-order valence-electron chi connectivity index (χ0n) is 16.7. The van der Waals surface area contributed by atoms with Crippen LogP contribution in [0.2, 0.25) is 0 Å². The van der Waals surface area contributed by atoms with Crippen LogP contribution in [0.25, 0.3) is 11.5 Å². The normalized spacial score (nSPS) is 11.0. The van der Waals surface area contributed by atoms with Gasteiger partial charge in [-0.15, -0.1) is 0 Å². The Balaban J connectivity index is 1.76. The molecule has 0 saturated heterocycles. The molecule has 9 heteroatoms. The van der Waals surface area contributed by atoms with Crippen LogP contribution in [0.4, 0.5) is 5.69 Å². The summed E-state index contributed by atoms with van der Waals surface area (Å²) in [6.45, 7) is 8.41. The molecule has 29 heavy (non-hydrogen) atoms. The van der Waals surface area contributed by atoms with E-state index in [9.17, 15) is 10.1 Å². The Morgan fingerprint density at radius 1 is 1.17 bits per heavy atom. The summed E-state index contributed by atoms with van der Waals surface area (Å²) in [5.74, 6) is 1.90. The van der Waals surface area contributed by atoms with Crippen LogP contribution in [0.15, 0.2) is 41.1 Å². The minimum Gasteiger partial charge on any atom is -0.456 e. The van der Waals surface area contributed by atoms with Crippen LogP contribution >= 0.6 is 0 Å². The number of pyridine rings is 1. The third-order valence-corrected chi connectivity index (χ3v) is 4.57. The van der Waals surface area contributed by atoms with Crippen LogP contribution in [0.1, 0.15) is 25.3 Å². The molecule has 0 bridgehead atoms. The van der Waals surface area contributed by atoms with Gasteiger partial charge in [-0.2, -0.15) is 4.98 Å². The van der Waals surface area contributed by atoms with E-state index in [1.807, 2.05) is 0 Å². The third-order valence-electron chi connectivity index (χ3n) is 4.57. The standard InChI is InChI=1S/C20H23N5O4/c1-4-24(5-2)11-10-15-12-16(7-9-19(15)25(26)27)28-17-6-8-18(21-13-17)20-22-14(3)29-23-20/h6-9,12-13H,4-5,10-11H2,1-3H3. The van der Waals surface area contributed by atoms with Gasteiger partial charge in [-0.3, -0.25) is 10.1 Å². The Morgan fingerprint density at radius 3 is 2.52 bits per heavy atom. The molecule has 0 radical (unpaired) electrons. The van der Waals surface area contributed by atoms with Crippen molar-refractivity contribution in [1.29, 1.82) is 0 Å². The van der Waals surface area contributed by atoms with E-state index in [0.717, 1.165) is 19.6 Å². The summed E-state index contributed by atoms with van der Waals surface area (Å²) in [6, 6.07) is 8.27. The van der Waals surface area contributed by atoms with Crippen molar-refractivity contribution in [2.75, 3.05) is 19.6 Å². The third kappa shape index (κ3) is 5.14. The minimum absolute atomic E-state index is 0.102. The monoisotopic (exact) mass is 397 g/mol. The zero-order chi connectivity index (χ0) is 20.8. The molecule has 0 aliphatic rings. The molecular formula is C20H23N5O4. The largest absolute Gasteiger partial charge is 0.456 e. The molecule has 0 atom stereocenters. The second-order valence-electron chi connectivity index (χ2n) is 6.44. The fraction of sp³-hybridized carbons (Fsp3) is 0.350. The second kappa shape index (κ2) is 9.24. The van der Waals surface area contributed by atoms with Gasteiger partial charge in [0, 0.05) is 25.1 Å². The molecule has 0 aliphatic carbocycles. The number of rotatable bonds is 9. The highest BCUT2D eigenvalue weighted by molar-refractivity contribution is 5.50. The topological polar surface area (TPSA) is 107 Å². The lowest BCUT2D eigenvalue weighted by atomic mass is 10.1. The van der Waals surface area contributed by atoms with Gasteiger partial charge in [-0.1, -0.05) is 19.0 Å². The Bertz CT molecular complexity index is 967. The first kappa shape index (κ1) is 20.4. The van der Waals surface area contributed by atoms with E-state index in [2.05, 4.69) is 33.9 Å². The fourth-order valence-corrected chi connectivity index (χ4v) is 2.93. The number of ether oxygens (including phenoxy) is 1. The number of nitro groups is 1. The molecule has 2 aromatic heterocycles. The number of benzene rings is 1. The van der Waals surface area contributed by atoms with Gasteiger partial charge in [0.1, 0.15) is 17.2 Å². The van der Waals surface area contributed by atoms with E-state index < -0.39 is 0 Å². The van der Waals surface area contributed by atoms with Crippen LogP contribution in [0.5, 0.6) is 11.5 Å². The van der Waals surface area contributed by atoms with Gasteiger partial charge < -0.3 is 14.2 Å². The number of likely N-dealkylation sites (N-methyl/N-ethyl adjacent to an activating group) is 1. The van der Waals surface area contributed by atoms with Crippen molar-refractivity contribution in [1.82, 2.24) is 20.0 Å². The summed E-state index contributed by atoms with van der Waals surface area (Å²) < 4.78 is 10.8. The molecule has 0 fully saturated rings. The first-order valence-electron chi connectivity index (χ1n) is 9.44. The minimum atomic E-state index is -0.357. The van der Waals surface area contributed by atoms with E-state index in [0.29, 0.717) is 40.9 Å². The van der Waals surface area contributed by atoms with Gasteiger partial charge in [0.15, 0.2) is 0 Å². The lowest BCUT2D eigenvalue weighted by Crippen LogP contribution is -2.25. The summed E-state index contributed by atoms with van der Waals surface area (Å²) in [4.78, 5) is 21.7. The summed E-state index contributed by atoms with van der Waals surface area (Å²) in [5, 5.41) is 15.2. The van der Waals surface area contributed by atoms with Crippen molar-refractivity contribution in [2.24, 2.45) is 0 Å². The summed E-state index contributed by atoms with van der Waals surface area (Å²) in [6.07, 6.45) is 2.13. The summed E-state index contributed by atoms with van der Waals surface area (Å²) in [5.41, 5.74) is 1.31. The molecule has 0 saturated carbocycles. The molecule has 1 aromatic carbocycles. The molecule has 0 spiro atoms. The fourth-order valence-electron chi connectivity index (χ4n) is 2.93. The first-order chi connectivity index (χ1) is 14.0. The molecule has 3 aromatic rings. The Morgan fingerprint density at radius 2 is 1.93 bits per heavy atom. The molecule has 3 rings (SSSR count). The van der Waals surface area contributed by atoms with Crippen molar-refractivity contribution in [3.8, 4) is 23.0 Å². The Hall–Kier alpha value is -3.33. The molecule has 2 heterocycles. The van der Waals surface area contributed by atoms with E-state index in [4.69, 9.17) is 9.26 Å². The average molecular weight is 397 g/mol. The van der Waals surface area contributed by atoms with Crippen LogP contribution in [-0.2, 0) is 6.42 Å². The highest BCUT2D eigenvalue weighted by atomic mass is 16.6. The number of aromatic nitrogens is 3. The van der Waals surface area contributed by atoms with Gasteiger partial charge in [-0.25, -0.2) is 4.98 Å². The molecule has 0 unspecified atom stereocenters. The molecule has 0 N–H and O–H groups in total. The van der Waals surface area contributed by atoms with Crippen LogP contribution in [0.3, 0.4) is 0 Å². The van der Waals surface area contributed by atoms with Crippen molar-refractivity contribution >= 4 is 5.69 Å². The molecular weight excluding hydrogens is 374 g/mol. The second-order valence-corrected chi connectivity index (χ2v) is 6.44.